The second-order valence-corrected chi connectivity index (χ2v) is 3.90. The van der Waals surface area contributed by atoms with Crippen molar-refractivity contribution in [2.45, 2.75) is 26.3 Å². The molecular formula is C13H21NO2. The minimum absolute atomic E-state index is 0.00990. The molecule has 16 heavy (non-hydrogen) atoms. The van der Waals surface area contributed by atoms with Crippen LogP contribution in [0.15, 0.2) is 18.2 Å². The van der Waals surface area contributed by atoms with Crippen LogP contribution < -0.4 is 10.1 Å². The van der Waals surface area contributed by atoms with Crippen LogP contribution in [-0.4, -0.2) is 31.4 Å². The summed E-state index contributed by atoms with van der Waals surface area (Å²) >= 11 is 0. The van der Waals surface area contributed by atoms with Gasteiger partial charge >= 0.3 is 0 Å². The summed E-state index contributed by atoms with van der Waals surface area (Å²) in [5.74, 6) is 0.957. The minimum atomic E-state index is -0.00990. The number of ether oxygens (including phenoxy) is 1. The van der Waals surface area contributed by atoms with E-state index in [0.717, 1.165) is 17.7 Å². The molecule has 0 aromatic heterocycles. The molecule has 0 saturated carbocycles. The van der Waals surface area contributed by atoms with E-state index in [0.29, 0.717) is 6.61 Å². The zero-order valence-electron chi connectivity index (χ0n) is 10.3. The standard InChI is InChI=1S/C13H21NO2/c1-4-11-7-5-6-10(2)13(11)16-9-12(8-15)14-3/h5-7,12,14-15H,4,8-9H2,1-3H3. The van der Waals surface area contributed by atoms with Crippen LogP contribution in [0.5, 0.6) is 5.75 Å². The Morgan fingerprint density at radius 2 is 2.19 bits per heavy atom. The van der Waals surface area contributed by atoms with Crippen molar-refractivity contribution in [3.05, 3.63) is 29.3 Å². The molecule has 1 aromatic carbocycles. The van der Waals surface area contributed by atoms with E-state index in [1.165, 1.54) is 5.56 Å². The number of likely N-dealkylation sites (N-methyl/N-ethyl adjacent to an activating group) is 1. The highest BCUT2D eigenvalue weighted by molar-refractivity contribution is 5.40. The Morgan fingerprint density at radius 3 is 2.75 bits per heavy atom. The normalized spacial score (nSPS) is 12.5. The van der Waals surface area contributed by atoms with Crippen LogP contribution in [0.3, 0.4) is 0 Å². The van der Waals surface area contributed by atoms with Gasteiger partial charge in [-0.25, -0.2) is 0 Å². The van der Waals surface area contributed by atoms with Gasteiger partial charge in [-0.15, -0.1) is 0 Å². The lowest BCUT2D eigenvalue weighted by molar-refractivity contribution is 0.187. The Morgan fingerprint density at radius 1 is 1.44 bits per heavy atom. The molecule has 2 N–H and O–H groups in total. The number of rotatable bonds is 6. The van der Waals surface area contributed by atoms with Gasteiger partial charge in [0.1, 0.15) is 12.4 Å². The second-order valence-electron chi connectivity index (χ2n) is 3.90. The Kier molecular flexibility index (Phi) is 5.29. The van der Waals surface area contributed by atoms with Gasteiger partial charge in [0.2, 0.25) is 0 Å². The number of hydrogen-bond acceptors (Lipinski definition) is 3. The zero-order valence-corrected chi connectivity index (χ0v) is 10.3. The van der Waals surface area contributed by atoms with E-state index < -0.39 is 0 Å². The maximum atomic E-state index is 9.06. The first-order valence-corrected chi connectivity index (χ1v) is 5.72. The van der Waals surface area contributed by atoms with Gasteiger partial charge in [-0.05, 0) is 31.5 Å². The van der Waals surface area contributed by atoms with Crippen molar-refractivity contribution in [2.75, 3.05) is 20.3 Å². The quantitative estimate of drug-likeness (QED) is 0.768. The Bertz CT molecular complexity index is 322. The highest BCUT2D eigenvalue weighted by Crippen LogP contribution is 2.23. The third-order valence-corrected chi connectivity index (χ3v) is 2.73. The van der Waals surface area contributed by atoms with Gasteiger partial charge < -0.3 is 15.2 Å². The van der Waals surface area contributed by atoms with Crippen molar-refractivity contribution in [1.29, 1.82) is 0 Å². The molecule has 3 nitrogen and oxygen atoms in total. The largest absolute Gasteiger partial charge is 0.491 e. The lowest BCUT2D eigenvalue weighted by Crippen LogP contribution is -2.35. The molecule has 1 unspecified atom stereocenters. The maximum Gasteiger partial charge on any atom is 0.125 e. The molecule has 1 atom stereocenters. The van der Waals surface area contributed by atoms with Gasteiger partial charge in [-0.1, -0.05) is 25.1 Å². The van der Waals surface area contributed by atoms with Crippen molar-refractivity contribution >= 4 is 0 Å². The number of hydrogen-bond donors (Lipinski definition) is 2. The Labute approximate surface area is 97.4 Å². The van der Waals surface area contributed by atoms with Gasteiger partial charge in [0, 0.05) is 0 Å². The second kappa shape index (κ2) is 6.51. The van der Waals surface area contributed by atoms with Crippen LogP contribution in [0, 0.1) is 6.92 Å². The topological polar surface area (TPSA) is 41.5 Å². The highest BCUT2D eigenvalue weighted by Gasteiger charge is 2.09. The predicted molar refractivity (Wildman–Crippen MR) is 66.0 cm³/mol. The number of benzene rings is 1. The number of nitrogens with one attached hydrogen (secondary N) is 1. The number of aryl methyl sites for hydroxylation is 2. The van der Waals surface area contributed by atoms with E-state index in [1.807, 2.05) is 26.1 Å². The summed E-state index contributed by atoms with van der Waals surface area (Å²) < 4.78 is 5.78. The van der Waals surface area contributed by atoms with Crippen LogP contribution in [-0.2, 0) is 6.42 Å². The first-order chi connectivity index (χ1) is 7.72. The van der Waals surface area contributed by atoms with Crippen molar-refractivity contribution in [2.24, 2.45) is 0 Å². The monoisotopic (exact) mass is 223 g/mol. The zero-order chi connectivity index (χ0) is 12.0. The molecule has 0 aliphatic rings. The maximum absolute atomic E-state index is 9.06. The molecule has 1 aromatic rings. The third kappa shape index (κ3) is 3.22. The molecular weight excluding hydrogens is 202 g/mol. The van der Waals surface area contributed by atoms with Gasteiger partial charge in [0.25, 0.3) is 0 Å². The van der Waals surface area contributed by atoms with Crippen molar-refractivity contribution in [3.63, 3.8) is 0 Å². The molecule has 0 fully saturated rings. The molecule has 1 rings (SSSR count). The summed E-state index contributed by atoms with van der Waals surface area (Å²) in [5.41, 5.74) is 2.36. The Hall–Kier alpha value is -1.06. The fourth-order valence-corrected chi connectivity index (χ4v) is 1.61. The molecule has 0 heterocycles. The average molecular weight is 223 g/mol. The fourth-order valence-electron chi connectivity index (χ4n) is 1.61. The van der Waals surface area contributed by atoms with E-state index in [2.05, 4.69) is 18.3 Å². The third-order valence-electron chi connectivity index (χ3n) is 2.73. The molecule has 0 aliphatic heterocycles. The number of aliphatic hydroxyl groups is 1. The van der Waals surface area contributed by atoms with E-state index in [1.54, 1.807) is 0 Å². The van der Waals surface area contributed by atoms with E-state index in [-0.39, 0.29) is 12.6 Å². The lowest BCUT2D eigenvalue weighted by atomic mass is 10.1. The van der Waals surface area contributed by atoms with E-state index in [4.69, 9.17) is 9.84 Å². The summed E-state index contributed by atoms with van der Waals surface area (Å²) in [7, 11) is 1.82. The van der Waals surface area contributed by atoms with Gasteiger partial charge in [0.05, 0.1) is 12.6 Å². The lowest BCUT2D eigenvalue weighted by Gasteiger charge is -2.17. The molecule has 0 aliphatic carbocycles. The number of aliphatic hydroxyl groups excluding tert-OH is 1. The predicted octanol–water partition coefficient (Wildman–Crippen LogP) is 1.52. The van der Waals surface area contributed by atoms with Crippen LogP contribution in [0.25, 0.3) is 0 Å². The minimum Gasteiger partial charge on any atom is -0.491 e. The summed E-state index contributed by atoms with van der Waals surface area (Å²) in [5, 5.41) is 12.1. The van der Waals surface area contributed by atoms with Crippen LogP contribution in [0.1, 0.15) is 18.1 Å². The summed E-state index contributed by atoms with van der Waals surface area (Å²) in [4.78, 5) is 0. The number of para-hydroxylation sites is 1. The first kappa shape index (κ1) is 13.0. The smallest absolute Gasteiger partial charge is 0.125 e. The fraction of sp³-hybridized carbons (Fsp3) is 0.538. The molecule has 0 amide bonds. The van der Waals surface area contributed by atoms with Gasteiger partial charge in [-0.3, -0.25) is 0 Å². The van der Waals surface area contributed by atoms with E-state index in [9.17, 15) is 0 Å². The van der Waals surface area contributed by atoms with Gasteiger partial charge in [0.15, 0.2) is 0 Å². The van der Waals surface area contributed by atoms with E-state index >= 15 is 0 Å². The first-order valence-electron chi connectivity index (χ1n) is 5.72. The summed E-state index contributed by atoms with van der Waals surface area (Å²) in [6, 6.07) is 6.16. The average Bonchev–Trinajstić information content (AvgIpc) is 2.31. The van der Waals surface area contributed by atoms with Crippen LogP contribution in [0.2, 0.25) is 0 Å². The highest BCUT2D eigenvalue weighted by atomic mass is 16.5. The molecule has 0 radical (unpaired) electrons. The molecule has 0 bridgehead atoms. The van der Waals surface area contributed by atoms with Crippen LogP contribution >= 0.6 is 0 Å². The summed E-state index contributed by atoms with van der Waals surface area (Å²) in [6.07, 6.45) is 0.959. The van der Waals surface area contributed by atoms with Crippen molar-refractivity contribution < 1.29 is 9.84 Å². The SMILES string of the molecule is CCc1cccc(C)c1OCC(CO)NC. The molecule has 0 saturated heterocycles. The molecule has 90 valence electrons. The summed E-state index contributed by atoms with van der Waals surface area (Å²) in [6.45, 7) is 4.74. The van der Waals surface area contributed by atoms with Crippen molar-refractivity contribution in [1.82, 2.24) is 5.32 Å². The van der Waals surface area contributed by atoms with Crippen molar-refractivity contribution in [3.8, 4) is 5.75 Å². The molecule has 0 spiro atoms. The van der Waals surface area contributed by atoms with Crippen LogP contribution in [0.4, 0.5) is 0 Å². The van der Waals surface area contributed by atoms with Gasteiger partial charge in [-0.2, -0.15) is 0 Å². The Balaban J connectivity index is 2.72. The molecule has 3 heteroatoms.